The fraction of sp³-hybridized carbons (Fsp3) is 0.258. The minimum Gasteiger partial charge on any atom is -0.489 e. The van der Waals surface area contributed by atoms with Gasteiger partial charge in [0.1, 0.15) is 12.4 Å². The highest BCUT2D eigenvalue weighted by Gasteiger charge is 2.14. The molecule has 0 unspecified atom stereocenters. The predicted molar refractivity (Wildman–Crippen MR) is 150 cm³/mol. The number of aryl methyl sites for hydroxylation is 1. The lowest BCUT2D eigenvalue weighted by atomic mass is 9.96. The number of aromatic nitrogens is 1. The van der Waals surface area contributed by atoms with E-state index in [9.17, 15) is 13.2 Å². The van der Waals surface area contributed by atoms with E-state index in [0.717, 1.165) is 38.7 Å². The van der Waals surface area contributed by atoms with Crippen LogP contribution >= 0.6 is 0 Å². The van der Waals surface area contributed by atoms with Gasteiger partial charge >= 0.3 is 5.97 Å². The van der Waals surface area contributed by atoms with Gasteiger partial charge in [-0.25, -0.2) is 8.42 Å². The zero-order chi connectivity index (χ0) is 27.3. The van der Waals surface area contributed by atoms with Crippen molar-refractivity contribution in [2.75, 3.05) is 6.26 Å². The molecule has 0 saturated carbocycles. The number of hydrogen-bond acceptors (Lipinski definition) is 4. The standard InChI is InChI=1S/C31H31NO5S/c1-4-5-27(18-30(33)34)25-12-14-29(15-13-25)37-20-28-11-10-26-16-17-32(31(26)22(28)2)19-23-6-8-24(9-7-23)21-38(3,35)36/h6-17,27H,18-21H2,1-3H3,(H,33,34)/t27-/m0/s1. The van der Waals surface area contributed by atoms with Gasteiger partial charge in [0.25, 0.3) is 0 Å². The highest BCUT2D eigenvalue weighted by Crippen LogP contribution is 2.27. The third kappa shape index (κ3) is 6.84. The van der Waals surface area contributed by atoms with Crippen molar-refractivity contribution in [3.8, 4) is 17.6 Å². The Morgan fingerprint density at radius 2 is 1.68 bits per heavy atom. The van der Waals surface area contributed by atoms with Crippen LogP contribution in [-0.2, 0) is 33.5 Å². The minimum atomic E-state index is -3.06. The SMILES string of the molecule is CC#C[C@@H](CC(=O)O)c1ccc(OCc2ccc3ccn(Cc4ccc(CS(C)(=O)=O)cc4)c3c2C)cc1. The highest BCUT2D eigenvalue weighted by atomic mass is 32.2. The molecule has 0 spiro atoms. The molecule has 3 aromatic carbocycles. The van der Waals surface area contributed by atoms with Crippen LogP contribution in [0.1, 0.15) is 47.1 Å². The lowest BCUT2D eigenvalue weighted by Gasteiger charge is -2.14. The summed E-state index contributed by atoms with van der Waals surface area (Å²) < 4.78 is 31.4. The number of nitrogens with zero attached hydrogens (tertiary/aromatic N) is 1. The number of carboxylic acid groups (broad SMARTS) is 1. The minimum absolute atomic E-state index is 0.0370. The molecule has 6 nitrogen and oxygen atoms in total. The Balaban J connectivity index is 1.48. The van der Waals surface area contributed by atoms with Crippen LogP contribution in [0.5, 0.6) is 5.75 Å². The van der Waals surface area contributed by atoms with Crippen LogP contribution in [0.25, 0.3) is 10.9 Å². The second-order valence-corrected chi connectivity index (χ2v) is 11.7. The van der Waals surface area contributed by atoms with Gasteiger partial charge in [-0.1, -0.05) is 54.5 Å². The predicted octanol–water partition coefficient (Wildman–Crippen LogP) is 5.70. The molecule has 1 atom stereocenters. The molecule has 0 amide bonds. The molecule has 38 heavy (non-hydrogen) atoms. The summed E-state index contributed by atoms with van der Waals surface area (Å²) in [6, 6.07) is 21.4. The Kier molecular flexibility index (Phi) is 8.23. The van der Waals surface area contributed by atoms with E-state index in [2.05, 4.69) is 47.7 Å². The van der Waals surface area contributed by atoms with Crippen LogP contribution in [0.3, 0.4) is 0 Å². The van der Waals surface area contributed by atoms with Crippen molar-refractivity contribution in [1.29, 1.82) is 0 Å². The van der Waals surface area contributed by atoms with E-state index in [1.165, 1.54) is 6.26 Å². The van der Waals surface area contributed by atoms with E-state index in [1.54, 1.807) is 6.92 Å². The van der Waals surface area contributed by atoms with Gasteiger partial charge in [0.2, 0.25) is 0 Å². The van der Waals surface area contributed by atoms with Gasteiger partial charge in [-0.3, -0.25) is 4.79 Å². The van der Waals surface area contributed by atoms with Crippen LogP contribution < -0.4 is 4.74 Å². The van der Waals surface area contributed by atoms with E-state index < -0.39 is 15.8 Å². The summed E-state index contributed by atoms with van der Waals surface area (Å²) in [5.74, 6) is 5.30. The molecular weight excluding hydrogens is 498 g/mol. The Morgan fingerprint density at radius 3 is 2.32 bits per heavy atom. The number of hydrogen-bond donors (Lipinski definition) is 1. The van der Waals surface area contributed by atoms with Crippen LogP contribution in [0, 0.1) is 18.8 Å². The van der Waals surface area contributed by atoms with Gasteiger partial charge < -0.3 is 14.4 Å². The molecule has 1 N–H and O–H groups in total. The molecule has 0 saturated heterocycles. The van der Waals surface area contributed by atoms with Gasteiger partial charge in [0.05, 0.1) is 23.6 Å². The third-order valence-electron chi connectivity index (χ3n) is 6.47. The zero-order valence-electron chi connectivity index (χ0n) is 21.8. The number of carbonyl (C=O) groups is 1. The number of rotatable bonds is 10. The Hall–Kier alpha value is -4.02. The van der Waals surface area contributed by atoms with E-state index >= 15 is 0 Å². The summed E-state index contributed by atoms with van der Waals surface area (Å²) in [5, 5.41) is 10.3. The van der Waals surface area contributed by atoms with Gasteiger partial charge in [-0.2, -0.15) is 0 Å². The molecule has 0 aliphatic rings. The maximum absolute atomic E-state index is 11.6. The molecule has 0 radical (unpaired) electrons. The summed E-state index contributed by atoms with van der Waals surface area (Å²) in [7, 11) is -3.06. The normalized spacial score (nSPS) is 12.1. The summed E-state index contributed by atoms with van der Waals surface area (Å²) in [6.45, 7) is 4.88. The average molecular weight is 530 g/mol. The van der Waals surface area contributed by atoms with E-state index in [0.29, 0.717) is 18.9 Å². The van der Waals surface area contributed by atoms with E-state index in [1.807, 2.05) is 48.5 Å². The Bertz CT molecular complexity index is 1610. The molecule has 1 heterocycles. The van der Waals surface area contributed by atoms with E-state index in [-0.39, 0.29) is 18.1 Å². The van der Waals surface area contributed by atoms with Gasteiger partial charge in [0.15, 0.2) is 9.84 Å². The Labute approximate surface area is 223 Å². The first-order chi connectivity index (χ1) is 18.1. The summed E-state index contributed by atoms with van der Waals surface area (Å²) in [5.41, 5.74) is 6.08. The molecule has 0 fully saturated rings. The number of carboxylic acids is 1. The quantitative estimate of drug-likeness (QED) is 0.266. The lowest BCUT2D eigenvalue weighted by molar-refractivity contribution is -0.137. The molecule has 0 aliphatic heterocycles. The van der Waals surface area contributed by atoms with Crippen LogP contribution in [0.4, 0.5) is 0 Å². The molecule has 196 valence electrons. The highest BCUT2D eigenvalue weighted by molar-refractivity contribution is 7.89. The average Bonchev–Trinajstić information content (AvgIpc) is 3.27. The fourth-order valence-electron chi connectivity index (χ4n) is 4.61. The van der Waals surface area contributed by atoms with Gasteiger partial charge in [-0.15, -0.1) is 5.92 Å². The smallest absolute Gasteiger partial charge is 0.304 e. The second kappa shape index (κ2) is 11.6. The molecular formula is C31H31NO5S. The summed E-state index contributed by atoms with van der Waals surface area (Å²) in [6.07, 6.45) is 3.27. The third-order valence-corrected chi connectivity index (χ3v) is 7.33. The van der Waals surface area contributed by atoms with Crippen molar-refractivity contribution in [3.63, 3.8) is 0 Å². The monoisotopic (exact) mass is 529 g/mol. The molecule has 4 aromatic rings. The summed E-state index contributed by atoms with van der Waals surface area (Å²) in [4.78, 5) is 11.2. The zero-order valence-corrected chi connectivity index (χ0v) is 22.6. The molecule has 0 aliphatic carbocycles. The molecule has 4 rings (SSSR count). The van der Waals surface area contributed by atoms with Crippen LogP contribution in [0.2, 0.25) is 0 Å². The fourth-order valence-corrected chi connectivity index (χ4v) is 5.41. The van der Waals surface area contributed by atoms with Gasteiger partial charge in [-0.05, 0) is 65.3 Å². The number of aliphatic carboxylic acids is 1. The van der Waals surface area contributed by atoms with E-state index in [4.69, 9.17) is 9.84 Å². The number of sulfone groups is 1. The van der Waals surface area contributed by atoms with Crippen molar-refractivity contribution < 1.29 is 23.1 Å². The first kappa shape index (κ1) is 27.0. The van der Waals surface area contributed by atoms with Crippen molar-refractivity contribution in [2.45, 2.75) is 45.1 Å². The lowest BCUT2D eigenvalue weighted by Crippen LogP contribution is -2.05. The summed E-state index contributed by atoms with van der Waals surface area (Å²) >= 11 is 0. The van der Waals surface area contributed by atoms with Crippen molar-refractivity contribution in [1.82, 2.24) is 4.57 Å². The maximum Gasteiger partial charge on any atom is 0.304 e. The number of fused-ring (bicyclic) bond motifs is 1. The number of ether oxygens (including phenoxy) is 1. The molecule has 7 heteroatoms. The largest absolute Gasteiger partial charge is 0.489 e. The maximum atomic E-state index is 11.6. The number of benzene rings is 3. The van der Waals surface area contributed by atoms with Crippen molar-refractivity contribution in [3.05, 3.63) is 101 Å². The molecule has 0 bridgehead atoms. The first-order valence-corrected chi connectivity index (χ1v) is 14.4. The van der Waals surface area contributed by atoms with Crippen molar-refractivity contribution >= 4 is 26.7 Å². The first-order valence-electron chi connectivity index (χ1n) is 12.3. The van der Waals surface area contributed by atoms with Gasteiger partial charge in [0, 0.05) is 19.0 Å². The van der Waals surface area contributed by atoms with Crippen molar-refractivity contribution in [2.24, 2.45) is 0 Å². The molecule has 1 aromatic heterocycles. The second-order valence-electron chi connectivity index (χ2n) is 9.52. The Morgan fingerprint density at radius 1 is 1.00 bits per heavy atom. The van der Waals surface area contributed by atoms with Crippen LogP contribution in [0.15, 0.2) is 72.9 Å². The topological polar surface area (TPSA) is 85.6 Å². The van der Waals surface area contributed by atoms with Crippen LogP contribution in [-0.4, -0.2) is 30.3 Å².